The fraction of sp³-hybridized carbons (Fsp3) is 0.278. The summed E-state index contributed by atoms with van der Waals surface area (Å²) >= 11 is 0. The SMILES string of the molecule is Cc1ccc(Nc2ccc(C(=O)NC(C)C)cc2N)c(C)c1. The molecule has 4 heteroatoms. The van der Waals surface area contributed by atoms with E-state index in [0.717, 1.165) is 16.9 Å². The van der Waals surface area contributed by atoms with E-state index in [1.165, 1.54) is 5.56 Å². The Kier molecular flexibility index (Phi) is 4.71. The molecule has 0 bridgehead atoms. The van der Waals surface area contributed by atoms with Crippen molar-refractivity contribution in [3.63, 3.8) is 0 Å². The number of aryl methyl sites for hydroxylation is 2. The molecule has 0 spiro atoms. The molecule has 4 nitrogen and oxygen atoms in total. The summed E-state index contributed by atoms with van der Waals surface area (Å²) in [5.74, 6) is -0.111. The number of rotatable bonds is 4. The molecule has 0 unspecified atom stereocenters. The number of anilines is 3. The van der Waals surface area contributed by atoms with E-state index in [-0.39, 0.29) is 11.9 Å². The average Bonchev–Trinajstić information content (AvgIpc) is 2.42. The second-order valence-corrected chi connectivity index (χ2v) is 5.87. The van der Waals surface area contributed by atoms with Crippen LogP contribution in [0.2, 0.25) is 0 Å². The zero-order chi connectivity index (χ0) is 16.3. The Morgan fingerprint density at radius 3 is 2.32 bits per heavy atom. The Morgan fingerprint density at radius 2 is 1.73 bits per heavy atom. The predicted molar refractivity (Wildman–Crippen MR) is 92.7 cm³/mol. The van der Waals surface area contributed by atoms with E-state index in [4.69, 9.17) is 5.73 Å². The molecule has 1 amide bonds. The minimum absolute atomic E-state index is 0.0988. The van der Waals surface area contributed by atoms with Crippen molar-refractivity contribution >= 4 is 23.0 Å². The second-order valence-electron chi connectivity index (χ2n) is 5.87. The van der Waals surface area contributed by atoms with Crippen LogP contribution in [-0.2, 0) is 0 Å². The van der Waals surface area contributed by atoms with Gasteiger partial charge in [0.15, 0.2) is 0 Å². The molecule has 22 heavy (non-hydrogen) atoms. The van der Waals surface area contributed by atoms with Gasteiger partial charge in [-0.05, 0) is 57.5 Å². The maximum atomic E-state index is 12.0. The number of hydrogen-bond acceptors (Lipinski definition) is 3. The van der Waals surface area contributed by atoms with Gasteiger partial charge in [-0.25, -0.2) is 0 Å². The van der Waals surface area contributed by atoms with Crippen LogP contribution in [0.3, 0.4) is 0 Å². The lowest BCUT2D eigenvalue weighted by molar-refractivity contribution is 0.0943. The summed E-state index contributed by atoms with van der Waals surface area (Å²) in [5.41, 5.74) is 11.4. The first-order chi connectivity index (χ1) is 10.4. The van der Waals surface area contributed by atoms with Gasteiger partial charge in [-0.2, -0.15) is 0 Å². The summed E-state index contributed by atoms with van der Waals surface area (Å²) < 4.78 is 0. The van der Waals surface area contributed by atoms with E-state index in [0.29, 0.717) is 11.3 Å². The van der Waals surface area contributed by atoms with Crippen LogP contribution >= 0.6 is 0 Å². The standard InChI is InChI=1S/C18H23N3O/c1-11(2)20-18(22)14-6-8-17(15(19)10-14)21-16-7-5-12(3)9-13(16)4/h5-11,21H,19H2,1-4H3,(H,20,22). The molecule has 0 aliphatic carbocycles. The lowest BCUT2D eigenvalue weighted by Crippen LogP contribution is -2.30. The summed E-state index contributed by atoms with van der Waals surface area (Å²) in [7, 11) is 0. The van der Waals surface area contributed by atoms with Crippen molar-refractivity contribution in [1.82, 2.24) is 5.32 Å². The fourth-order valence-electron chi connectivity index (χ4n) is 2.26. The van der Waals surface area contributed by atoms with E-state index in [1.807, 2.05) is 26.0 Å². The summed E-state index contributed by atoms with van der Waals surface area (Å²) in [5, 5.41) is 6.17. The first-order valence-electron chi connectivity index (χ1n) is 7.41. The van der Waals surface area contributed by atoms with Crippen LogP contribution in [0.25, 0.3) is 0 Å². The van der Waals surface area contributed by atoms with Crippen LogP contribution in [0, 0.1) is 13.8 Å². The van der Waals surface area contributed by atoms with E-state index in [2.05, 4.69) is 36.6 Å². The number of carbonyl (C=O) groups is 1. The molecule has 0 radical (unpaired) electrons. The third-order valence-corrected chi connectivity index (χ3v) is 3.38. The van der Waals surface area contributed by atoms with Gasteiger partial charge in [0.2, 0.25) is 0 Å². The third-order valence-electron chi connectivity index (χ3n) is 3.38. The van der Waals surface area contributed by atoms with Crippen molar-refractivity contribution in [2.24, 2.45) is 0 Å². The van der Waals surface area contributed by atoms with E-state index in [1.54, 1.807) is 12.1 Å². The summed E-state index contributed by atoms with van der Waals surface area (Å²) in [6.07, 6.45) is 0. The Balaban J connectivity index is 2.21. The molecule has 2 rings (SSSR count). The van der Waals surface area contributed by atoms with Crippen molar-refractivity contribution in [3.8, 4) is 0 Å². The Morgan fingerprint density at radius 1 is 1.05 bits per heavy atom. The number of nitrogen functional groups attached to an aromatic ring is 1. The first-order valence-corrected chi connectivity index (χ1v) is 7.41. The van der Waals surface area contributed by atoms with Gasteiger partial charge < -0.3 is 16.4 Å². The van der Waals surface area contributed by atoms with Gasteiger partial charge >= 0.3 is 0 Å². The third kappa shape index (κ3) is 3.79. The lowest BCUT2D eigenvalue weighted by Gasteiger charge is -2.14. The molecule has 2 aromatic carbocycles. The molecular formula is C18H23N3O. The van der Waals surface area contributed by atoms with Crippen molar-refractivity contribution in [2.75, 3.05) is 11.1 Å². The van der Waals surface area contributed by atoms with Gasteiger partial charge in [-0.1, -0.05) is 17.7 Å². The van der Waals surface area contributed by atoms with Gasteiger partial charge in [-0.15, -0.1) is 0 Å². The molecule has 0 aliphatic heterocycles. The molecular weight excluding hydrogens is 274 g/mol. The maximum absolute atomic E-state index is 12.0. The first kappa shape index (κ1) is 15.9. The van der Waals surface area contributed by atoms with Crippen molar-refractivity contribution in [1.29, 1.82) is 0 Å². The summed E-state index contributed by atoms with van der Waals surface area (Å²) in [6.45, 7) is 7.97. The van der Waals surface area contributed by atoms with Crippen molar-refractivity contribution < 1.29 is 4.79 Å². The Hall–Kier alpha value is -2.49. The van der Waals surface area contributed by atoms with Crippen LogP contribution < -0.4 is 16.4 Å². The van der Waals surface area contributed by atoms with Crippen molar-refractivity contribution in [2.45, 2.75) is 33.7 Å². The monoisotopic (exact) mass is 297 g/mol. The van der Waals surface area contributed by atoms with Crippen LogP contribution in [0.1, 0.15) is 35.3 Å². The number of amides is 1. The average molecular weight is 297 g/mol. The Bertz CT molecular complexity index is 693. The summed E-state index contributed by atoms with van der Waals surface area (Å²) in [6, 6.07) is 11.6. The van der Waals surface area contributed by atoms with Gasteiger partial charge in [0, 0.05) is 17.3 Å². The normalized spacial score (nSPS) is 10.6. The zero-order valence-electron chi connectivity index (χ0n) is 13.5. The number of nitrogens with two attached hydrogens (primary N) is 1. The molecule has 0 atom stereocenters. The molecule has 4 N–H and O–H groups in total. The highest BCUT2D eigenvalue weighted by molar-refractivity contribution is 5.96. The molecule has 0 aromatic heterocycles. The highest BCUT2D eigenvalue weighted by atomic mass is 16.1. The van der Waals surface area contributed by atoms with E-state index >= 15 is 0 Å². The highest BCUT2D eigenvalue weighted by Gasteiger charge is 2.10. The molecule has 0 aliphatic rings. The highest BCUT2D eigenvalue weighted by Crippen LogP contribution is 2.26. The molecule has 0 saturated heterocycles. The molecule has 0 heterocycles. The van der Waals surface area contributed by atoms with Crippen LogP contribution in [0.5, 0.6) is 0 Å². The predicted octanol–water partition coefficient (Wildman–Crippen LogP) is 3.77. The number of nitrogens with one attached hydrogen (secondary N) is 2. The Labute approximate surface area is 131 Å². The van der Waals surface area contributed by atoms with Crippen LogP contribution in [0.15, 0.2) is 36.4 Å². The number of carbonyl (C=O) groups excluding carboxylic acids is 1. The maximum Gasteiger partial charge on any atom is 0.251 e. The molecule has 116 valence electrons. The number of benzene rings is 2. The molecule has 0 saturated carbocycles. The molecule has 2 aromatic rings. The fourth-order valence-corrected chi connectivity index (χ4v) is 2.26. The van der Waals surface area contributed by atoms with Gasteiger partial charge in [0.25, 0.3) is 5.91 Å². The minimum Gasteiger partial charge on any atom is -0.397 e. The largest absolute Gasteiger partial charge is 0.397 e. The zero-order valence-corrected chi connectivity index (χ0v) is 13.5. The van der Waals surface area contributed by atoms with Gasteiger partial charge in [0.05, 0.1) is 11.4 Å². The minimum atomic E-state index is -0.111. The van der Waals surface area contributed by atoms with Gasteiger partial charge in [-0.3, -0.25) is 4.79 Å². The van der Waals surface area contributed by atoms with E-state index in [9.17, 15) is 4.79 Å². The smallest absolute Gasteiger partial charge is 0.251 e. The quantitative estimate of drug-likeness (QED) is 0.753. The number of hydrogen-bond donors (Lipinski definition) is 3. The lowest BCUT2D eigenvalue weighted by atomic mass is 10.1. The summed E-state index contributed by atoms with van der Waals surface area (Å²) in [4.78, 5) is 12.0. The second kappa shape index (κ2) is 6.52. The van der Waals surface area contributed by atoms with Gasteiger partial charge in [0.1, 0.15) is 0 Å². The topological polar surface area (TPSA) is 67.2 Å². The molecule has 0 fully saturated rings. The van der Waals surface area contributed by atoms with Crippen molar-refractivity contribution in [3.05, 3.63) is 53.1 Å². The van der Waals surface area contributed by atoms with Crippen LogP contribution in [-0.4, -0.2) is 11.9 Å². The van der Waals surface area contributed by atoms with Crippen LogP contribution in [0.4, 0.5) is 17.1 Å². The van der Waals surface area contributed by atoms with E-state index < -0.39 is 0 Å².